The van der Waals surface area contributed by atoms with Crippen molar-refractivity contribution in [1.82, 2.24) is 0 Å². The van der Waals surface area contributed by atoms with E-state index >= 15 is 0 Å². The number of aliphatic hydroxyl groups excluding tert-OH is 1. The van der Waals surface area contributed by atoms with Gasteiger partial charge in [0.1, 0.15) is 6.61 Å². The molecule has 1 aromatic carbocycles. The Morgan fingerprint density at radius 3 is 2.32 bits per heavy atom. The van der Waals surface area contributed by atoms with Crippen LogP contribution in [0.1, 0.15) is 37.8 Å². The second-order valence-electron chi connectivity index (χ2n) is 4.67. The third-order valence-electron chi connectivity index (χ3n) is 3.67. The summed E-state index contributed by atoms with van der Waals surface area (Å²) in [6.07, 6.45) is 2.92. The zero-order valence-electron chi connectivity index (χ0n) is 11.7. The second-order valence-corrected chi connectivity index (χ2v) is 4.67. The van der Waals surface area contributed by atoms with Crippen LogP contribution in [0.2, 0.25) is 0 Å². The fourth-order valence-corrected chi connectivity index (χ4v) is 1.88. The molecule has 0 amide bonds. The lowest BCUT2D eigenvalue weighted by Gasteiger charge is -2.26. The quantitative estimate of drug-likeness (QED) is 0.768. The topological polar surface area (TPSA) is 46.5 Å². The molecule has 0 fully saturated rings. The molecule has 0 atom stereocenters. The van der Waals surface area contributed by atoms with Gasteiger partial charge in [-0.15, -0.1) is 0 Å². The van der Waals surface area contributed by atoms with Crippen LogP contribution in [0.15, 0.2) is 30.8 Å². The average molecular weight is 262 g/mol. The summed E-state index contributed by atoms with van der Waals surface area (Å²) in [7, 11) is 0. The zero-order valence-corrected chi connectivity index (χ0v) is 11.7. The van der Waals surface area contributed by atoms with E-state index in [2.05, 4.69) is 6.58 Å². The minimum atomic E-state index is -0.763. The summed E-state index contributed by atoms with van der Waals surface area (Å²) in [5, 5.41) is 9.40. The van der Waals surface area contributed by atoms with Crippen molar-refractivity contribution in [3.05, 3.63) is 42.0 Å². The van der Waals surface area contributed by atoms with Crippen LogP contribution in [0.5, 0.6) is 0 Å². The van der Waals surface area contributed by atoms with E-state index < -0.39 is 5.41 Å². The average Bonchev–Trinajstić information content (AvgIpc) is 2.48. The highest BCUT2D eigenvalue weighted by molar-refractivity contribution is 5.76. The SMILES string of the molecule is C=Cc1ccc(COC(=O)C(CC)(CC)CO)cc1. The first-order valence-electron chi connectivity index (χ1n) is 6.61. The Hall–Kier alpha value is -1.61. The molecule has 1 aromatic rings. The van der Waals surface area contributed by atoms with Crippen LogP contribution in [0.4, 0.5) is 0 Å². The highest BCUT2D eigenvalue weighted by atomic mass is 16.5. The second kappa shape index (κ2) is 7.10. The molecular weight excluding hydrogens is 240 g/mol. The number of carbonyl (C=O) groups excluding carboxylic acids is 1. The predicted molar refractivity (Wildman–Crippen MR) is 76.4 cm³/mol. The number of aliphatic hydroxyl groups is 1. The lowest BCUT2D eigenvalue weighted by Crippen LogP contribution is -2.35. The number of benzene rings is 1. The Balaban J connectivity index is 2.64. The molecule has 0 bridgehead atoms. The normalized spacial score (nSPS) is 11.1. The molecule has 0 spiro atoms. The molecule has 3 heteroatoms. The molecule has 0 unspecified atom stereocenters. The molecular formula is C16H22O3. The van der Waals surface area contributed by atoms with E-state index in [9.17, 15) is 9.90 Å². The van der Waals surface area contributed by atoms with Crippen LogP contribution >= 0.6 is 0 Å². The maximum absolute atomic E-state index is 12.1. The van der Waals surface area contributed by atoms with Crippen LogP contribution in [0.25, 0.3) is 6.08 Å². The maximum Gasteiger partial charge on any atom is 0.314 e. The Bertz CT molecular complexity index is 408. The Kier molecular flexibility index (Phi) is 5.77. The molecule has 1 N–H and O–H groups in total. The van der Waals surface area contributed by atoms with Crippen LogP contribution in [0.3, 0.4) is 0 Å². The number of hydrogen-bond acceptors (Lipinski definition) is 3. The molecule has 1 rings (SSSR count). The van der Waals surface area contributed by atoms with Crippen LogP contribution < -0.4 is 0 Å². The van der Waals surface area contributed by atoms with E-state index in [0.29, 0.717) is 12.8 Å². The van der Waals surface area contributed by atoms with Crippen molar-refractivity contribution < 1.29 is 14.6 Å². The summed E-state index contributed by atoms with van der Waals surface area (Å²) in [4.78, 5) is 12.1. The molecule has 0 aliphatic rings. The van der Waals surface area contributed by atoms with Gasteiger partial charge in [-0.1, -0.05) is 50.8 Å². The van der Waals surface area contributed by atoms with Crippen molar-refractivity contribution in [2.24, 2.45) is 5.41 Å². The molecule has 0 saturated carbocycles. The smallest absolute Gasteiger partial charge is 0.314 e. The number of hydrogen-bond donors (Lipinski definition) is 1. The van der Waals surface area contributed by atoms with Crippen molar-refractivity contribution in [1.29, 1.82) is 0 Å². The maximum atomic E-state index is 12.1. The summed E-state index contributed by atoms with van der Waals surface area (Å²) in [5.41, 5.74) is 1.20. The molecule has 0 aromatic heterocycles. The molecule has 19 heavy (non-hydrogen) atoms. The minimum absolute atomic E-state index is 0.172. The summed E-state index contributed by atoms with van der Waals surface area (Å²) >= 11 is 0. The fraction of sp³-hybridized carbons (Fsp3) is 0.438. The summed E-state index contributed by atoms with van der Waals surface area (Å²) < 4.78 is 5.31. The monoisotopic (exact) mass is 262 g/mol. The first-order valence-corrected chi connectivity index (χ1v) is 6.61. The van der Waals surface area contributed by atoms with E-state index in [1.165, 1.54) is 0 Å². The van der Waals surface area contributed by atoms with Gasteiger partial charge in [-0.05, 0) is 24.0 Å². The zero-order chi connectivity index (χ0) is 14.3. The third kappa shape index (κ3) is 3.67. The number of carbonyl (C=O) groups is 1. The largest absolute Gasteiger partial charge is 0.460 e. The van der Waals surface area contributed by atoms with Crippen molar-refractivity contribution >= 4 is 12.0 Å². The number of rotatable bonds is 7. The predicted octanol–water partition coefficient (Wildman–Crippen LogP) is 3.17. The van der Waals surface area contributed by atoms with E-state index in [1.54, 1.807) is 6.08 Å². The summed E-state index contributed by atoms with van der Waals surface area (Å²) in [5.74, 6) is -0.326. The molecule has 104 valence electrons. The molecule has 0 aliphatic heterocycles. The highest BCUT2D eigenvalue weighted by Gasteiger charge is 2.35. The van der Waals surface area contributed by atoms with Crippen LogP contribution in [-0.2, 0) is 16.1 Å². The van der Waals surface area contributed by atoms with Gasteiger partial charge >= 0.3 is 5.97 Å². The molecule has 3 nitrogen and oxygen atoms in total. The van der Waals surface area contributed by atoms with E-state index in [4.69, 9.17) is 4.74 Å². The Labute approximate surface area is 114 Å². The molecule has 0 aliphatic carbocycles. The first kappa shape index (κ1) is 15.4. The van der Waals surface area contributed by atoms with Crippen molar-refractivity contribution in [3.8, 4) is 0 Å². The van der Waals surface area contributed by atoms with E-state index in [1.807, 2.05) is 38.1 Å². The number of esters is 1. The third-order valence-corrected chi connectivity index (χ3v) is 3.67. The van der Waals surface area contributed by atoms with Gasteiger partial charge in [0.15, 0.2) is 0 Å². The van der Waals surface area contributed by atoms with Gasteiger partial charge in [0.25, 0.3) is 0 Å². The van der Waals surface area contributed by atoms with Crippen LogP contribution in [-0.4, -0.2) is 17.7 Å². The van der Waals surface area contributed by atoms with E-state index in [-0.39, 0.29) is 19.2 Å². The highest BCUT2D eigenvalue weighted by Crippen LogP contribution is 2.27. The van der Waals surface area contributed by atoms with Crippen molar-refractivity contribution in [2.45, 2.75) is 33.3 Å². The Morgan fingerprint density at radius 1 is 1.32 bits per heavy atom. The van der Waals surface area contributed by atoms with Crippen LogP contribution in [0, 0.1) is 5.41 Å². The fourth-order valence-electron chi connectivity index (χ4n) is 1.88. The lowest BCUT2D eigenvalue weighted by atomic mass is 9.83. The Morgan fingerprint density at radius 2 is 1.89 bits per heavy atom. The van der Waals surface area contributed by atoms with Gasteiger partial charge in [-0.25, -0.2) is 0 Å². The minimum Gasteiger partial charge on any atom is -0.460 e. The van der Waals surface area contributed by atoms with Gasteiger partial charge < -0.3 is 9.84 Å². The lowest BCUT2D eigenvalue weighted by molar-refractivity contribution is -0.160. The van der Waals surface area contributed by atoms with Gasteiger partial charge in [-0.2, -0.15) is 0 Å². The van der Waals surface area contributed by atoms with Gasteiger partial charge in [0.05, 0.1) is 12.0 Å². The molecule has 0 heterocycles. The van der Waals surface area contributed by atoms with Crippen molar-refractivity contribution in [2.75, 3.05) is 6.61 Å². The number of ether oxygens (including phenoxy) is 1. The molecule has 0 saturated heterocycles. The van der Waals surface area contributed by atoms with Crippen molar-refractivity contribution in [3.63, 3.8) is 0 Å². The van der Waals surface area contributed by atoms with Gasteiger partial charge in [0, 0.05) is 0 Å². The summed E-state index contributed by atoms with van der Waals surface area (Å²) in [6, 6.07) is 7.66. The van der Waals surface area contributed by atoms with Gasteiger partial charge in [0.2, 0.25) is 0 Å². The summed E-state index contributed by atoms with van der Waals surface area (Å²) in [6.45, 7) is 7.53. The van der Waals surface area contributed by atoms with Gasteiger partial charge in [-0.3, -0.25) is 4.79 Å². The van der Waals surface area contributed by atoms with E-state index in [0.717, 1.165) is 11.1 Å². The standard InChI is InChI=1S/C16H22O3/c1-4-13-7-9-14(10-8-13)11-19-15(18)16(5-2,6-3)12-17/h4,7-10,17H,1,5-6,11-12H2,2-3H3. The molecule has 0 radical (unpaired) electrons. The first-order chi connectivity index (χ1) is 9.11.